The monoisotopic (exact) mass is 248 g/mol. The molecule has 0 radical (unpaired) electrons. The molecule has 0 heterocycles. The van der Waals surface area contributed by atoms with Crippen molar-refractivity contribution in [3.8, 4) is 5.75 Å². The van der Waals surface area contributed by atoms with E-state index in [9.17, 15) is 13.2 Å². The topological polar surface area (TPSA) is 47.3 Å². The number of benzene rings is 1. The van der Waals surface area contributed by atoms with Gasteiger partial charge in [-0.1, -0.05) is 12.1 Å². The second kappa shape index (κ2) is 5.88. The third-order valence-electron chi connectivity index (χ3n) is 2.14. The van der Waals surface area contributed by atoms with Crippen molar-refractivity contribution < 1.29 is 17.9 Å². The maximum atomic E-state index is 12.0. The van der Waals surface area contributed by atoms with Crippen molar-refractivity contribution in [2.24, 2.45) is 5.73 Å². The molecule has 0 saturated carbocycles. The first-order valence-corrected chi connectivity index (χ1v) is 5.19. The first-order valence-electron chi connectivity index (χ1n) is 5.19. The molecule has 1 aromatic carbocycles. The van der Waals surface area contributed by atoms with Crippen LogP contribution in [0.4, 0.5) is 13.2 Å². The molecule has 0 spiro atoms. The largest absolute Gasteiger partial charge is 0.573 e. The minimum absolute atomic E-state index is 0.113. The van der Waals surface area contributed by atoms with Gasteiger partial charge in [0, 0.05) is 19.1 Å². The van der Waals surface area contributed by atoms with Gasteiger partial charge in [0.25, 0.3) is 0 Å². The third-order valence-corrected chi connectivity index (χ3v) is 2.14. The molecule has 0 amide bonds. The zero-order valence-electron chi connectivity index (χ0n) is 9.42. The molecular weight excluding hydrogens is 233 g/mol. The van der Waals surface area contributed by atoms with Crippen molar-refractivity contribution in [1.82, 2.24) is 5.32 Å². The molecule has 96 valence electrons. The van der Waals surface area contributed by atoms with Crippen LogP contribution in [0.5, 0.6) is 5.75 Å². The van der Waals surface area contributed by atoms with Gasteiger partial charge < -0.3 is 15.8 Å². The number of nitrogens with two attached hydrogens (primary N) is 1. The average molecular weight is 248 g/mol. The van der Waals surface area contributed by atoms with Gasteiger partial charge in [-0.15, -0.1) is 13.2 Å². The van der Waals surface area contributed by atoms with E-state index < -0.39 is 6.36 Å². The molecular formula is C11H15F3N2O. The van der Waals surface area contributed by atoms with Gasteiger partial charge in [0.1, 0.15) is 5.75 Å². The number of rotatable bonds is 5. The Morgan fingerprint density at radius 1 is 1.41 bits per heavy atom. The Morgan fingerprint density at radius 2 is 2.12 bits per heavy atom. The number of ether oxygens (including phenoxy) is 1. The first kappa shape index (κ1) is 13.8. The highest BCUT2D eigenvalue weighted by molar-refractivity contribution is 5.28. The highest BCUT2D eigenvalue weighted by atomic mass is 19.4. The highest BCUT2D eigenvalue weighted by Gasteiger charge is 2.31. The van der Waals surface area contributed by atoms with E-state index in [1.807, 2.05) is 6.92 Å². The van der Waals surface area contributed by atoms with Gasteiger partial charge in [0.15, 0.2) is 0 Å². The Morgan fingerprint density at radius 3 is 2.71 bits per heavy atom. The van der Waals surface area contributed by atoms with Crippen molar-refractivity contribution >= 4 is 0 Å². The molecule has 1 rings (SSSR count). The standard InChI is InChI=1S/C11H15F3N2O/c1-8(6-15)16-7-9-3-2-4-10(5-9)17-11(12,13)14/h2-5,8,16H,6-7,15H2,1H3/t8-/m0/s1. The van der Waals surface area contributed by atoms with Gasteiger partial charge in [-0.3, -0.25) is 0 Å². The molecule has 0 unspecified atom stereocenters. The van der Waals surface area contributed by atoms with Crippen LogP contribution in [0.25, 0.3) is 0 Å². The van der Waals surface area contributed by atoms with Crippen LogP contribution in [0, 0.1) is 0 Å². The molecule has 1 aromatic rings. The van der Waals surface area contributed by atoms with Crippen LogP contribution in [-0.2, 0) is 6.54 Å². The maximum absolute atomic E-state index is 12.0. The Balaban J connectivity index is 2.60. The zero-order chi connectivity index (χ0) is 12.9. The SMILES string of the molecule is C[C@@H](CN)NCc1cccc(OC(F)(F)F)c1. The highest BCUT2D eigenvalue weighted by Crippen LogP contribution is 2.23. The van der Waals surface area contributed by atoms with Gasteiger partial charge in [0.05, 0.1) is 0 Å². The van der Waals surface area contributed by atoms with Gasteiger partial charge in [-0.05, 0) is 24.6 Å². The van der Waals surface area contributed by atoms with Crippen LogP contribution >= 0.6 is 0 Å². The van der Waals surface area contributed by atoms with Crippen molar-refractivity contribution in [2.45, 2.75) is 25.9 Å². The molecule has 17 heavy (non-hydrogen) atoms. The number of alkyl halides is 3. The average Bonchev–Trinajstić information content (AvgIpc) is 2.24. The summed E-state index contributed by atoms with van der Waals surface area (Å²) < 4.78 is 39.8. The minimum Gasteiger partial charge on any atom is -0.406 e. The fraction of sp³-hybridized carbons (Fsp3) is 0.455. The number of hydrogen-bond acceptors (Lipinski definition) is 3. The predicted molar refractivity (Wildman–Crippen MR) is 58.5 cm³/mol. The van der Waals surface area contributed by atoms with E-state index in [0.29, 0.717) is 18.7 Å². The molecule has 0 fully saturated rings. The zero-order valence-corrected chi connectivity index (χ0v) is 9.42. The fourth-order valence-corrected chi connectivity index (χ4v) is 1.23. The molecule has 0 aliphatic heterocycles. The predicted octanol–water partition coefficient (Wildman–Crippen LogP) is 2.02. The molecule has 0 aromatic heterocycles. The molecule has 6 heteroatoms. The van der Waals surface area contributed by atoms with Gasteiger partial charge in [0.2, 0.25) is 0 Å². The van der Waals surface area contributed by atoms with E-state index in [4.69, 9.17) is 5.73 Å². The van der Waals surface area contributed by atoms with Gasteiger partial charge in [-0.25, -0.2) is 0 Å². The summed E-state index contributed by atoms with van der Waals surface area (Å²) in [6.07, 6.45) is -4.66. The van der Waals surface area contributed by atoms with Crippen molar-refractivity contribution in [2.75, 3.05) is 6.54 Å². The second-order valence-corrected chi connectivity index (χ2v) is 3.71. The lowest BCUT2D eigenvalue weighted by Gasteiger charge is -2.13. The van der Waals surface area contributed by atoms with E-state index in [1.54, 1.807) is 6.07 Å². The van der Waals surface area contributed by atoms with Crippen LogP contribution in [0.3, 0.4) is 0 Å². The number of nitrogens with one attached hydrogen (secondary N) is 1. The lowest BCUT2D eigenvalue weighted by atomic mass is 10.2. The Kier molecular flexibility index (Phi) is 4.77. The summed E-state index contributed by atoms with van der Waals surface area (Å²) in [5.74, 6) is -0.211. The summed E-state index contributed by atoms with van der Waals surface area (Å²) in [7, 11) is 0. The lowest BCUT2D eigenvalue weighted by Crippen LogP contribution is -2.32. The first-order chi connectivity index (χ1) is 7.90. The molecule has 3 N–H and O–H groups in total. The Labute approximate surface area is 97.8 Å². The lowest BCUT2D eigenvalue weighted by molar-refractivity contribution is -0.274. The molecule has 0 aliphatic carbocycles. The van der Waals surface area contributed by atoms with Gasteiger partial charge in [-0.2, -0.15) is 0 Å². The molecule has 0 aliphatic rings. The third kappa shape index (κ3) is 5.55. The fourth-order valence-electron chi connectivity index (χ4n) is 1.23. The van der Waals surface area contributed by atoms with Crippen molar-refractivity contribution in [3.63, 3.8) is 0 Å². The van der Waals surface area contributed by atoms with E-state index >= 15 is 0 Å². The normalized spacial score (nSPS) is 13.5. The summed E-state index contributed by atoms with van der Waals surface area (Å²) in [4.78, 5) is 0. The van der Waals surface area contributed by atoms with Crippen molar-refractivity contribution in [1.29, 1.82) is 0 Å². The molecule has 0 saturated heterocycles. The Hall–Kier alpha value is -1.27. The molecule has 3 nitrogen and oxygen atoms in total. The van der Waals surface area contributed by atoms with Crippen LogP contribution in [0.2, 0.25) is 0 Å². The second-order valence-electron chi connectivity index (χ2n) is 3.71. The van der Waals surface area contributed by atoms with Crippen LogP contribution in [0.1, 0.15) is 12.5 Å². The molecule has 1 atom stereocenters. The summed E-state index contributed by atoms with van der Waals surface area (Å²) >= 11 is 0. The van der Waals surface area contributed by atoms with Gasteiger partial charge >= 0.3 is 6.36 Å². The smallest absolute Gasteiger partial charge is 0.406 e. The summed E-state index contributed by atoms with van der Waals surface area (Å²) in [5.41, 5.74) is 6.13. The maximum Gasteiger partial charge on any atom is 0.573 e. The van der Waals surface area contributed by atoms with E-state index in [1.165, 1.54) is 18.2 Å². The minimum atomic E-state index is -4.66. The van der Waals surface area contributed by atoms with E-state index in [0.717, 1.165) is 0 Å². The van der Waals surface area contributed by atoms with E-state index in [-0.39, 0.29) is 11.8 Å². The van der Waals surface area contributed by atoms with Crippen LogP contribution < -0.4 is 15.8 Å². The van der Waals surface area contributed by atoms with E-state index in [2.05, 4.69) is 10.1 Å². The summed E-state index contributed by atoms with van der Waals surface area (Å²) in [5, 5.41) is 3.08. The summed E-state index contributed by atoms with van der Waals surface area (Å²) in [6.45, 7) is 2.82. The Bertz CT molecular complexity index is 355. The van der Waals surface area contributed by atoms with Crippen molar-refractivity contribution in [3.05, 3.63) is 29.8 Å². The summed E-state index contributed by atoms with van der Waals surface area (Å²) in [6, 6.07) is 5.97. The quantitative estimate of drug-likeness (QED) is 0.838. The van der Waals surface area contributed by atoms with Crippen LogP contribution in [-0.4, -0.2) is 18.9 Å². The number of hydrogen-bond donors (Lipinski definition) is 2. The molecule has 0 bridgehead atoms. The number of halogens is 3. The van der Waals surface area contributed by atoms with Crippen LogP contribution in [0.15, 0.2) is 24.3 Å².